The highest BCUT2D eigenvalue weighted by Gasteiger charge is 2.21. The zero-order valence-corrected chi connectivity index (χ0v) is 15.2. The highest BCUT2D eigenvalue weighted by Crippen LogP contribution is 2.21. The largest absolute Gasteiger partial charge is 0.485 e. The van der Waals surface area contributed by atoms with E-state index in [1.54, 1.807) is 24.3 Å². The number of benzene rings is 1. The molecule has 0 unspecified atom stereocenters. The Kier molecular flexibility index (Phi) is 5.42. The molecule has 2 N–H and O–H groups in total. The Balaban J connectivity index is 1.65. The van der Waals surface area contributed by atoms with Gasteiger partial charge in [0.25, 0.3) is 0 Å². The fourth-order valence-electron chi connectivity index (χ4n) is 3.30. The minimum absolute atomic E-state index is 0.0554. The summed E-state index contributed by atoms with van der Waals surface area (Å²) in [7, 11) is 0. The highest BCUT2D eigenvalue weighted by molar-refractivity contribution is 5.98. The number of aromatic nitrogens is 1. The lowest BCUT2D eigenvalue weighted by Crippen LogP contribution is -2.18. The molecule has 1 atom stereocenters. The molecule has 138 valence electrons. The van der Waals surface area contributed by atoms with Gasteiger partial charge in [0.2, 0.25) is 11.7 Å². The number of primary amides is 1. The summed E-state index contributed by atoms with van der Waals surface area (Å²) in [5.41, 5.74) is 8.28. The van der Waals surface area contributed by atoms with Crippen LogP contribution in [0.3, 0.4) is 0 Å². The van der Waals surface area contributed by atoms with Gasteiger partial charge in [0.05, 0.1) is 6.10 Å². The van der Waals surface area contributed by atoms with Crippen molar-refractivity contribution >= 4 is 11.7 Å². The molecule has 2 heterocycles. The van der Waals surface area contributed by atoms with Crippen LogP contribution in [-0.2, 0) is 11.3 Å². The molecular weight excluding hydrogens is 332 g/mol. The van der Waals surface area contributed by atoms with E-state index >= 15 is 0 Å². The maximum absolute atomic E-state index is 12.6. The number of carbonyl (C=O) groups excluding carboxylic acids is 2. The highest BCUT2D eigenvalue weighted by atomic mass is 16.5. The maximum Gasteiger partial charge on any atom is 0.248 e. The van der Waals surface area contributed by atoms with Crippen LogP contribution in [0.4, 0.5) is 0 Å². The van der Waals surface area contributed by atoms with Gasteiger partial charge in [-0.15, -0.1) is 0 Å². The van der Waals surface area contributed by atoms with Crippen LogP contribution in [0.15, 0.2) is 30.3 Å². The molecule has 6 heteroatoms. The van der Waals surface area contributed by atoms with Crippen molar-refractivity contribution in [2.24, 2.45) is 5.73 Å². The first kappa shape index (κ1) is 18.2. The fraction of sp³-hybridized carbons (Fsp3) is 0.400. The zero-order chi connectivity index (χ0) is 18.7. The van der Waals surface area contributed by atoms with Gasteiger partial charge in [-0.25, -0.2) is 0 Å². The number of hydrogen-bond acceptors (Lipinski definition) is 4. The number of rotatable bonds is 7. The first-order valence-corrected chi connectivity index (χ1v) is 8.80. The van der Waals surface area contributed by atoms with Crippen molar-refractivity contribution in [3.05, 3.63) is 52.8 Å². The van der Waals surface area contributed by atoms with Crippen molar-refractivity contribution in [1.29, 1.82) is 0 Å². The third-order valence-electron chi connectivity index (χ3n) is 4.79. The third-order valence-corrected chi connectivity index (χ3v) is 4.79. The van der Waals surface area contributed by atoms with Crippen LogP contribution in [-0.4, -0.2) is 35.6 Å². The standard InChI is InChI=1S/C20H24N2O4/c1-13-10-18(14(2)22(13)11-17-4-3-9-25-17)19(23)12-26-16-7-5-15(6-8-16)20(21)24/h5-8,10,17H,3-4,9,11-12H2,1-2H3,(H2,21,24)/t17-/m0/s1. The van der Waals surface area contributed by atoms with Crippen LogP contribution < -0.4 is 10.5 Å². The van der Waals surface area contributed by atoms with Crippen molar-refractivity contribution in [2.75, 3.05) is 13.2 Å². The van der Waals surface area contributed by atoms with E-state index in [1.807, 2.05) is 19.9 Å². The molecule has 6 nitrogen and oxygen atoms in total. The van der Waals surface area contributed by atoms with Gasteiger partial charge in [0.1, 0.15) is 5.75 Å². The lowest BCUT2D eigenvalue weighted by molar-refractivity contribution is 0.0913. The first-order valence-electron chi connectivity index (χ1n) is 8.80. The Morgan fingerprint density at radius 3 is 2.62 bits per heavy atom. The minimum atomic E-state index is -0.494. The van der Waals surface area contributed by atoms with Crippen LogP contribution in [0, 0.1) is 13.8 Å². The minimum Gasteiger partial charge on any atom is -0.485 e. The summed E-state index contributed by atoms with van der Waals surface area (Å²) < 4.78 is 13.4. The number of ether oxygens (including phenoxy) is 2. The molecule has 1 aliphatic rings. The third kappa shape index (κ3) is 3.96. The number of hydrogen-bond donors (Lipinski definition) is 1. The molecule has 0 saturated carbocycles. The monoisotopic (exact) mass is 356 g/mol. The second-order valence-corrected chi connectivity index (χ2v) is 6.63. The van der Waals surface area contributed by atoms with Gasteiger partial charge in [0, 0.05) is 35.7 Å². The van der Waals surface area contributed by atoms with Crippen LogP contribution in [0.2, 0.25) is 0 Å². The molecule has 1 fully saturated rings. The van der Waals surface area contributed by atoms with E-state index in [9.17, 15) is 9.59 Å². The van der Waals surface area contributed by atoms with E-state index in [1.165, 1.54) is 0 Å². The number of nitrogens with zero attached hydrogens (tertiary/aromatic N) is 1. The molecular formula is C20H24N2O4. The second-order valence-electron chi connectivity index (χ2n) is 6.63. The van der Waals surface area contributed by atoms with Gasteiger partial charge in [-0.1, -0.05) is 0 Å². The molecule has 2 aromatic rings. The number of aryl methyl sites for hydroxylation is 1. The molecule has 3 rings (SSSR count). The van der Waals surface area contributed by atoms with E-state index in [-0.39, 0.29) is 18.5 Å². The molecule has 1 aliphatic heterocycles. The molecule has 1 aromatic heterocycles. The predicted molar refractivity (Wildman–Crippen MR) is 97.7 cm³/mol. The molecule has 1 aromatic carbocycles. The second kappa shape index (κ2) is 7.74. The van der Waals surface area contributed by atoms with Gasteiger partial charge in [-0.2, -0.15) is 0 Å². The number of nitrogens with two attached hydrogens (primary N) is 1. The maximum atomic E-state index is 12.6. The number of amides is 1. The number of ketones is 1. The number of carbonyl (C=O) groups is 2. The summed E-state index contributed by atoms with van der Waals surface area (Å²) in [6.07, 6.45) is 2.38. The van der Waals surface area contributed by atoms with Crippen LogP contribution >= 0.6 is 0 Å². The van der Waals surface area contributed by atoms with E-state index in [0.717, 1.165) is 37.4 Å². The van der Waals surface area contributed by atoms with Crippen molar-refractivity contribution in [3.8, 4) is 5.75 Å². The molecule has 0 radical (unpaired) electrons. The Hall–Kier alpha value is -2.60. The van der Waals surface area contributed by atoms with Crippen molar-refractivity contribution in [2.45, 2.75) is 39.3 Å². The Morgan fingerprint density at radius 2 is 2.00 bits per heavy atom. The summed E-state index contributed by atoms with van der Waals surface area (Å²) >= 11 is 0. The lowest BCUT2D eigenvalue weighted by Gasteiger charge is -2.14. The molecule has 1 saturated heterocycles. The Morgan fingerprint density at radius 1 is 1.27 bits per heavy atom. The average Bonchev–Trinajstić information content (AvgIpc) is 3.24. The van der Waals surface area contributed by atoms with Crippen molar-refractivity contribution in [3.63, 3.8) is 0 Å². The van der Waals surface area contributed by atoms with Gasteiger partial charge in [-0.05, 0) is 57.0 Å². The fourth-order valence-corrected chi connectivity index (χ4v) is 3.30. The van der Waals surface area contributed by atoms with E-state index in [0.29, 0.717) is 16.9 Å². The zero-order valence-electron chi connectivity index (χ0n) is 15.2. The van der Waals surface area contributed by atoms with Gasteiger partial charge in [-0.3, -0.25) is 9.59 Å². The quantitative estimate of drug-likeness (QED) is 0.773. The summed E-state index contributed by atoms with van der Waals surface area (Å²) in [5, 5.41) is 0. The molecule has 26 heavy (non-hydrogen) atoms. The smallest absolute Gasteiger partial charge is 0.248 e. The molecule has 0 spiro atoms. The Labute approximate surface area is 152 Å². The average molecular weight is 356 g/mol. The molecule has 0 aliphatic carbocycles. The van der Waals surface area contributed by atoms with E-state index < -0.39 is 5.91 Å². The van der Waals surface area contributed by atoms with Crippen LogP contribution in [0.25, 0.3) is 0 Å². The van der Waals surface area contributed by atoms with Crippen LogP contribution in [0.1, 0.15) is 44.9 Å². The van der Waals surface area contributed by atoms with Crippen molar-refractivity contribution < 1.29 is 19.1 Å². The normalized spacial score (nSPS) is 16.6. The summed E-state index contributed by atoms with van der Waals surface area (Å²) in [6, 6.07) is 8.33. The summed E-state index contributed by atoms with van der Waals surface area (Å²) in [6.45, 7) is 5.50. The molecule has 1 amide bonds. The van der Waals surface area contributed by atoms with E-state index in [2.05, 4.69) is 4.57 Å². The van der Waals surface area contributed by atoms with Gasteiger partial charge < -0.3 is 19.8 Å². The summed E-state index contributed by atoms with van der Waals surface area (Å²) in [4.78, 5) is 23.6. The van der Waals surface area contributed by atoms with Crippen LogP contribution in [0.5, 0.6) is 5.75 Å². The van der Waals surface area contributed by atoms with E-state index in [4.69, 9.17) is 15.2 Å². The molecule has 0 bridgehead atoms. The first-order chi connectivity index (χ1) is 12.5. The van der Waals surface area contributed by atoms with Gasteiger partial charge in [0.15, 0.2) is 6.61 Å². The summed E-state index contributed by atoms with van der Waals surface area (Å²) in [5.74, 6) is -0.0431. The van der Waals surface area contributed by atoms with Gasteiger partial charge >= 0.3 is 0 Å². The SMILES string of the molecule is Cc1cc(C(=O)COc2ccc(C(N)=O)cc2)c(C)n1C[C@@H]1CCCO1. The Bertz CT molecular complexity index is 802. The topological polar surface area (TPSA) is 83.5 Å². The lowest BCUT2D eigenvalue weighted by atomic mass is 10.1. The predicted octanol–water partition coefficient (Wildman–Crippen LogP) is 2.64. The number of Topliss-reactive ketones (excluding diaryl/α,β-unsaturated/α-hetero) is 1. The van der Waals surface area contributed by atoms with Crippen molar-refractivity contribution in [1.82, 2.24) is 4.57 Å².